The number of carbonyl (C=O) groups is 1. The lowest BCUT2D eigenvalue weighted by Gasteiger charge is -2.20. The molecule has 104 valence electrons. The van der Waals surface area contributed by atoms with Crippen molar-refractivity contribution in [2.45, 2.75) is 17.7 Å². The maximum Gasteiger partial charge on any atom is 0.232 e. The fourth-order valence-electron chi connectivity index (χ4n) is 1.52. The Hall–Kier alpha value is -2.05. The van der Waals surface area contributed by atoms with Gasteiger partial charge < -0.3 is 4.90 Å². The van der Waals surface area contributed by atoms with Crippen molar-refractivity contribution < 1.29 is 9.18 Å². The molecular formula is C14H14FN3OS. The summed E-state index contributed by atoms with van der Waals surface area (Å²) in [6, 6.07) is 10.2. The molecule has 0 spiro atoms. The van der Waals surface area contributed by atoms with Gasteiger partial charge in [0.1, 0.15) is 5.82 Å². The van der Waals surface area contributed by atoms with Gasteiger partial charge in [0.2, 0.25) is 5.91 Å². The van der Waals surface area contributed by atoms with Gasteiger partial charge in [-0.25, -0.2) is 4.39 Å². The number of halogens is 1. The zero-order valence-corrected chi connectivity index (χ0v) is 11.7. The highest BCUT2D eigenvalue weighted by Crippen LogP contribution is 2.21. The second-order valence-electron chi connectivity index (χ2n) is 3.92. The molecule has 0 heterocycles. The Labute approximate surface area is 121 Å². The molecule has 0 aromatic heterocycles. The zero-order valence-electron chi connectivity index (χ0n) is 10.9. The molecule has 0 atom stereocenters. The zero-order chi connectivity index (χ0) is 14.8. The van der Waals surface area contributed by atoms with E-state index in [-0.39, 0.29) is 30.3 Å². The smallest absolute Gasteiger partial charge is 0.232 e. The monoisotopic (exact) mass is 291 g/mol. The quantitative estimate of drug-likeness (QED) is 0.724. The van der Waals surface area contributed by atoms with E-state index >= 15 is 0 Å². The Balaban J connectivity index is 2.55. The topological polar surface area (TPSA) is 67.9 Å². The van der Waals surface area contributed by atoms with Gasteiger partial charge >= 0.3 is 0 Å². The lowest BCUT2D eigenvalue weighted by Crippen LogP contribution is -2.34. The van der Waals surface area contributed by atoms with Crippen molar-refractivity contribution in [1.29, 1.82) is 10.5 Å². The first-order valence-electron chi connectivity index (χ1n) is 6.08. The molecule has 0 saturated carbocycles. The van der Waals surface area contributed by atoms with Gasteiger partial charge in [0.25, 0.3) is 0 Å². The molecular weight excluding hydrogens is 277 g/mol. The van der Waals surface area contributed by atoms with Crippen LogP contribution >= 0.6 is 11.8 Å². The standard InChI is InChI=1S/C14H14FN3OS/c15-12-5-1-2-6-13(12)20-11-14(19)18(9-3-7-16)10-4-8-17/h1-2,5-6H,3-4,9-11H2. The van der Waals surface area contributed by atoms with Crippen molar-refractivity contribution in [1.82, 2.24) is 4.90 Å². The van der Waals surface area contributed by atoms with E-state index in [0.29, 0.717) is 18.0 Å². The number of amides is 1. The minimum absolute atomic E-state index is 0.0950. The van der Waals surface area contributed by atoms with Crippen LogP contribution in [0.15, 0.2) is 29.2 Å². The summed E-state index contributed by atoms with van der Waals surface area (Å²) in [5, 5.41) is 17.1. The van der Waals surface area contributed by atoms with E-state index in [4.69, 9.17) is 10.5 Å². The summed E-state index contributed by atoms with van der Waals surface area (Å²) in [6.45, 7) is 0.601. The van der Waals surface area contributed by atoms with Crippen LogP contribution in [0.4, 0.5) is 4.39 Å². The highest BCUT2D eigenvalue weighted by atomic mass is 32.2. The molecule has 1 aromatic carbocycles. The third-order valence-corrected chi connectivity index (χ3v) is 3.56. The number of nitrogens with zero attached hydrogens (tertiary/aromatic N) is 3. The number of nitriles is 2. The third-order valence-electron chi connectivity index (χ3n) is 2.53. The van der Waals surface area contributed by atoms with E-state index < -0.39 is 0 Å². The Morgan fingerprint density at radius 3 is 2.35 bits per heavy atom. The average molecular weight is 291 g/mol. The Morgan fingerprint density at radius 2 is 1.80 bits per heavy atom. The molecule has 0 aliphatic heterocycles. The van der Waals surface area contributed by atoms with Crippen LogP contribution < -0.4 is 0 Å². The molecule has 0 unspecified atom stereocenters. The Morgan fingerprint density at radius 1 is 1.20 bits per heavy atom. The number of benzene rings is 1. The summed E-state index contributed by atoms with van der Waals surface area (Å²) >= 11 is 1.12. The first kappa shape index (κ1) is 16.0. The van der Waals surface area contributed by atoms with E-state index in [1.54, 1.807) is 18.2 Å². The summed E-state index contributed by atoms with van der Waals surface area (Å²) in [5.74, 6) is -0.452. The summed E-state index contributed by atoms with van der Waals surface area (Å²) in [4.78, 5) is 13.9. The van der Waals surface area contributed by atoms with Crippen LogP contribution in [0.1, 0.15) is 12.8 Å². The number of hydrogen-bond acceptors (Lipinski definition) is 4. The van der Waals surface area contributed by atoms with E-state index in [9.17, 15) is 9.18 Å². The molecule has 0 fully saturated rings. The van der Waals surface area contributed by atoms with Crippen molar-refractivity contribution in [2.24, 2.45) is 0 Å². The fraction of sp³-hybridized carbons (Fsp3) is 0.357. The van der Waals surface area contributed by atoms with Gasteiger partial charge in [-0.2, -0.15) is 10.5 Å². The van der Waals surface area contributed by atoms with E-state index in [2.05, 4.69) is 0 Å². The van der Waals surface area contributed by atoms with Crippen LogP contribution in [0.5, 0.6) is 0 Å². The first-order valence-corrected chi connectivity index (χ1v) is 7.06. The van der Waals surface area contributed by atoms with Crippen LogP contribution in [0.2, 0.25) is 0 Å². The summed E-state index contributed by atoms with van der Waals surface area (Å²) < 4.78 is 13.4. The first-order chi connectivity index (χ1) is 9.69. The highest BCUT2D eigenvalue weighted by molar-refractivity contribution is 8.00. The average Bonchev–Trinajstić information content (AvgIpc) is 2.46. The minimum atomic E-state index is -0.356. The van der Waals surface area contributed by atoms with E-state index in [1.165, 1.54) is 11.0 Å². The molecule has 0 aliphatic rings. The van der Waals surface area contributed by atoms with Gasteiger partial charge in [-0.15, -0.1) is 11.8 Å². The molecule has 20 heavy (non-hydrogen) atoms. The van der Waals surface area contributed by atoms with Gasteiger partial charge in [-0.1, -0.05) is 12.1 Å². The number of thioether (sulfide) groups is 1. The Bertz CT molecular complexity index is 518. The van der Waals surface area contributed by atoms with Crippen molar-refractivity contribution >= 4 is 17.7 Å². The van der Waals surface area contributed by atoms with Gasteiger partial charge in [0, 0.05) is 18.0 Å². The lowest BCUT2D eigenvalue weighted by molar-refractivity contribution is -0.128. The third kappa shape index (κ3) is 5.29. The molecule has 1 aromatic rings. The number of rotatable bonds is 7. The lowest BCUT2D eigenvalue weighted by atomic mass is 10.3. The van der Waals surface area contributed by atoms with Crippen LogP contribution in [-0.4, -0.2) is 29.6 Å². The largest absolute Gasteiger partial charge is 0.340 e. The van der Waals surface area contributed by atoms with Crippen LogP contribution in [0.25, 0.3) is 0 Å². The normalized spacial score (nSPS) is 9.55. The maximum absolute atomic E-state index is 13.4. The molecule has 6 heteroatoms. The van der Waals surface area contributed by atoms with Gasteiger partial charge in [-0.05, 0) is 12.1 Å². The number of carbonyl (C=O) groups excluding carboxylic acids is 1. The highest BCUT2D eigenvalue weighted by Gasteiger charge is 2.14. The molecule has 1 rings (SSSR count). The molecule has 0 saturated heterocycles. The summed E-state index contributed by atoms with van der Waals surface area (Å²) in [6.07, 6.45) is 0.447. The van der Waals surface area contributed by atoms with Crippen molar-refractivity contribution in [2.75, 3.05) is 18.8 Å². The van der Waals surface area contributed by atoms with E-state index in [1.807, 2.05) is 12.1 Å². The second-order valence-corrected chi connectivity index (χ2v) is 4.93. The predicted molar refractivity (Wildman–Crippen MR) is 74.2 cm³/mol. The van der Waals surface area contributed by atoms with Crippen molar-refractivity contribution in [3.63, 3.8) is 0 Å². The van der Waals surface area contributed by atoms with Gasteiger partial charge in [0.15, 0.2) is 0 Å². The second kappa shape index (κ2) is 8.95. The van der Waals surface area contributed by atoms with Crippen molar-refractivity contribution in [3.05, 3.63) is 30.1 Å². The van der Waals surface area contributed by atoms with E-state index in [0.717, 1.165) is 11.8 Å². The predicted octanol–water partition coefficient (Wildman–Crippen LogP) is 2.57. The van der Waals surface area contributed by atoms with Gasteiger partial charge in [-0.3, -0.25) is 4.79 Å². The van der Waals surface area contributed by atoms with Crippen LogP contribution in [0.3, 0.4) is 0 Å². The molecule has 0 radical (unpaired) electrons. The molecule has 0 aliphatic carbocycles. The maximum atomic E-state index is 13.4. The number of hydrogen-bond donors (Lipinski definition) is 0. The SMILES string of the molecule is N#CCCN(CCC#N)C(=O)CSc1ccccc1F. The minimum Gasteiger partial charge on any atom is -0.340 e. The molecule has 1 amide bonds. The summed E-state index contributed by atoms with van der Waals surface area (Å²) in [7, 11) is 0. The molecule has 4 nitrogen and oxygen atoms in total. The van der Waals surface area contributed by atoms with Crippen LogP contribution in [0, 0.1) is 28.5 Å². The van der Waals surface area contributed by atoms with Crippen LogP contribution in [-0.2, 0) is 4.79 Å². The van der Waals surface area contributed by atoms with Crippen molar-refractivity contribution in [3.8, 4) is 12.1 Å². The fourth-order valence-corrected chi connectivity index (χ4v) is 2.37. The molecule has 0 N–H and O–H groups in total. The molecule has 0 bridgehead atoms. The summed E-state index contributed by atoms with van der Waals surface area (Å²) in [5.41, 5.74) is 0. The van der Waals surface area contributed by atoms with Gasteiger partial charge in [0.05, 0.1) is 30.7 Å². The Kier molecular flexibility index (Phi) is 7.16.